The number of ether oxygens (including phenoxy) is 1. The van der Waals surface area contributed by atoms with Crippen LogP contribution in [0, 0.1) is 0 Å². The highest BCUT2D eigenvalue weighted by molar-refractivity contribution is 9.11. The highest BCUT2D eigenvalue weighted by Crippen LogP contribution is 2.35. The van der Waals surface area contributed by atoms with E-state index in [0.717, 1.165) is 10.0 Å². The lowest BCUT2D eigenvalue weighted by Crippen LogP contribution is -2.30. The molecule has 3 rings (SSSR count). The van der Waals surface area contributed by atoms with E-state index in [4.69, 9.17) is 10.5 Å². The van der Waals surface area contributed by atoms with Gasteiger partial charge in [-0.3, -0.25) is 4.79 Å². The van der Waals surface area contributed by atoms with Gasteiger partial charge in [-0.15, -0.1) is 0 Å². The smallest absolute Gasteiger partial charge is 0.265 e. The Morgan fingerprint density at radius 2 is 1.60 bits per heavy atom. The molecule has 0 bridgehead atoms. The minimum Gasteiger partial charge on any atom is -0.487 e. The SMILES string of the molecule is Nc1ccc(S(=O)(=O)NC(=O)c2cc(Br)c(OCc3cccc(Br)c3)c(Br)c2)cc1. The molecule has 0 aliphatic carbocycles. The fourth-order valence-corrected chi connectivity index (χ4v) is 5.33. The number of carbonyl (C=O) groups excluding carboxylic acids is 1. The molecule has 156 valence electrons. The molecule has 0 saturated carbocycles. The maximum atomic E-state index is 12.5. The number of sulfonamides is 1. The Balaban J connectivity index is 1.76. The van der Waals surface area contributed by atoms with Crippen molar-refractivity contribution in [1.82, 2.24) is 4.72 Å². The molecular formula is C20H15Br3N2O4S. The second-order valence-electron chi connectivity index (χ2n) is 6.19. The van der Waals surface area contributed by atoms with Crippen LogP contribution in [0.4, 0.5) is 5.69 Å². The van der Waals surface area contributed by atoms with E-state index in [9.17, 15) is 13.2 Å². The van der Waals surface area contributed by atoms with Gasteiger partial charge in [0.2, 0.25) is 0 Å². The molecule has 0 aliphatic heterocycles. The van der Waals surface area contributed by atoms with Crippen LogP contribution in [0.1, 0.15) is 15.9 Å². The van der Waals surface area contributed by atoms with Gasteiger partial charge in [0.25, 0.3) is 15.9 Å². The van der Waals surface area contributed by atoms with Crippen molar-refractivity contribution in [3.8, 4) is 5.75 Å². The molecule has 3 aromatic rings. The lowest BCUT2D eigenvalue weighted by molar-refractivity contribution is 0.0981. The monoisotopic (exact) mass is 616 g/mol. The van der Waals surface area contributed by atoms with Crippen LogP contribution < -0.4 is 15.2 Å². The quantitative estimate of drug-likeness (QED) is 0.368. The van der Waals surface area contributed by atoms with Crippen molar-refractivity contribution in [3.05, 3.63) is 85.2 Å². The van der Waals surface area contributed by atoms with Gasteiger partial charge in [0.05, 0.1) is 13.8 Å². The average Bonchev–Trinajstić information content (AvgIpc) is 2.67. The number of nitrogens with one attached hydrogen (secondary N) is 1. The van der Waals surface area contributed by atoms with Crippen LogP contribution in [-0.2, 0) is 16.6 Å². The second-order valence-corrected chi connectivity index (χ2v) is 10.5. The van der Waals surface area contributed by atoms with Gasteiger partial charge < -0.3 is 10.5 Å². The molecule has 0 fully saturated rings. The summed E-state index contributed by atoms with van der Waals surface area (Å²) < 4.78 is 34.7. The van der Waals surface area contributed by atoms with Crippen LogP contribution in [0.15, 0.2) is 79.0 Å². The van der Waals surface area contributed by atoms with E-state index in [2.05, 4.69) is 52.5 Å². The minimum atomic E-state index is -4.03. The van der Waals surface area contributed by atoms with E-state index in [1.165, 1.54) is 36.4 Å². The number of nitrogen functional groups attached to an aromatic ring is 1. The number of halogens is 3. The summed E-state index contributed by atoms with van der Waals surface area (Å²) in [6.45, 7) is 0.313. The maximum Gasteiger partial charge on any atom is 0.265 e. The van der Waals surface area contributed by atoms with Crippen LogP contribution in [0.2, 0.25) is 0 Å². The van der Waals surface area contributed by atoms with Gasteiger partial charge in [0.15, 0.2) is 0 Å². The molecule has 0 spiro atoms. The third-order valence-electron chi connectivity index (χ3n) is 3.95. The van der Waals surface area contributed by atoms with Crippen molar-refractivity contribution in [2.24, 2.45) is 0 Å². The van der Waals surface area contributed by atoms with Crippen molar-refractivity contribution < 1.29 is 17.9 Å². The maximum absolute atomic E-state index is 12.5. The molecule has 1 amide bonds. The van der Waals surface area contributed by atoms with Crippen LogP contribution >= 0.6 is 47.8 Å². The van der Waals surface area contributed by atoms with Gasteiger partial charge >= 0.3 is 0 Å². The number of nitrogens with two attached hydrogens (primary N) is 1. The zero-order valence-electron chi connectivity index (χ0n) is 15.2. The minimum absolute atomic E-state index is 0.0582. The molecule has 3 N–H and O–H groups in total. The fraction of sp³-hybridized carbons (Fsp3) is 0.0500. The normalized spacial score (nSPS) is 11.2. The van der Waals surface area contributed by atoms with Gasteiger partial charge in [0, 0.05) is 15.7 Å². The second kappa shape index (κ2) is 9.51. The number of hydrogen-bond donors (Lipinski definition) is 2. The Hall–Kier alpha value is -1.88. The number of carbonyl (C=O) groups is 1. The summed E-state index contributed by atoms with van der Waals surface area (Å²) in [5.74, 6) is -0.278. The van der Waals surface area contributed by atoms with E-state index in [1.807, 2.05) is 24.3 Å². The van der Waals surface area contributed by atoms with Crippen molar-refractivity contribution in [2.75, 3.05) is 5.73 Å². The summed E-state index contributed by atoms with van der Waals surface area (Å²) in [5, 5.41) is 0. The summed E-state index contributed by atoms with van der Waals surface area (Å²) in [4.78, 5) is 12.5. The number of hydrogen-bond acceptors (Lipinski definition) is 5. The number of benzene rings is 3. The van der Waals surface area contributed by atoms with Crippen molar-refractivity contribution in [2.45, 2.75) is 11.5 Å². The first-order chi connectivity index (χ1) is 14.2. The number of rotatable bonds is 6. The summed E-state index contributed by atoms with van der Waals surface area (Å²) in [6.07, 6.45) is 0. The van der Waals surface area contributed by atoms with E-state index in [1.54, 1.807) is 0 Å². The summed E-state index contributed by atoms with van der Waals surface area (Å²) in [7, 11) is -4.03. The highest BCUT2D eigenvalue weighted by atomic mass is 79.9. The number of anilines is 1. The molecule has 10 heteroatoms. The van der Waals surface area contributed by atoms with E-state index >= 15 is 0 Å². The molecule has 0 aromatic heterocycles. The molecule has 0 unspecified atom stereocenters. The Kier molecular flexibility index (Phi) is 7.22. The molecule has 0 saturated heterocycles. The largest absolute Gasteiger partial charge is 0.487 e. The first-order valence-electron chi connectivity index (χ1n) is 8.45. The van der Waals surface area contributed by atoms with Gasteiger partial charge in [-0.2, -0.15) is 0 Å². The molecular weight excluding hydrogens is 604 g/mol. The third-order valence-corrected chi connectivity index (χ3v) is 6.97. The van der Waals surface area contributed by atoms with Crippen LogP contribution in [0.3, 0.4) is 0 Å². The fourth-order valence-electron chi connectivity index (χ4n) is 2.50. The molecule has 0 aliphatic rings. The first kappa shape index (κ1) is 22.8. The molecule has 0 atom stereocenters. The summed E-state index contributed by atoms with van der Waals surface area (Å²) in [6, 6.07) is 16.2. The first-order valence-corrected chi connectivity index (χ1v) is 12.3. The lowest BCUT2D eigenvalue weighted by Gasteiger charge is -2.13. The van der Waals surface area contributed by atoms with E-state index in [-0.39, 0.29) is 10.5 Å². The van der Waals surface area contributed by atoms with E-state index < -0.39 is 15.9 Å². The number of amides is 1. The van der Waals surface area contributed by atoms with Gasteiger partial charge in [0.1, 0.15) is 12.4 Å². The molecule has 30 heavy (non-hydrogen) atoms. The Bertz CT molecular complexity index is 1180. The Labute approximate surface area is 199 Å². The third kappa shape index (κ3) is 5.63. The summed E-state index contributed by atoms with van der Waals surface area (Å²) >= 11 is 10.2. The standard InChI is InChI=1S/C20H15Br3N2O4S/c21-14-3-1-2-12(8-14)11-29-19-17(22)9-13(10-18(19)23)20(26)25-30(27,28)16-6-4-15(24)5-7-16/h1-10H,11,24H2,(H,25,26). The summed E-state index contributed by atoms with van der Waals surface area (Å²) in [5.41, 5.74) is 7.09. The predicted octanol–water partition coefficient (Wildman–Crippen LogP) is 5.25. The molecule has 6 nitrogen and oxygen atoms in total. The van der Waals surface area contributed by atoms with Crippen molar-refractivity contribution >= 4 is 69.4 Å². The van der Waals surface area contributed by atoms with Crippen molar-refractivity contribution in [1.29, 1.82) is 0 Å². The molecule has 0 heterocycles. The highest BCUT2D eigenvalue weighted by Gasteiger charge is 2.20. The van der Waals surface area contributed by atoms with Gasteiger partial charge in [-0.25, -0.2) is 13.1 Å². The Morgan fingerprint density at radius 3 is 2.20 bits per heavy atom. The van der Waals surface area contributed by atoms with E-state index in [0.29, 0.717) is 27.0 Å². The Morgan fingerprint density at radius 1 is 0.967 bits per heavy atom. The predicted molar refractivity (Wildman–Crippen MR) is 126 cm³/mol. The average molecular weight is 619 g/mol. The van der Waals surface area contributed by atoms with Crippen LogP contribution in [0.25, 0.3) is 0 Å². The lowest BCUT2D eigenvalue weighted by atomic mass is 10.2. The van der Waals surface area contributed by atoms with Crippen LogP contribution in [-0.4, -0.2) is 14.3 Å². The van der Waals surface area contributed by atoms with Gasteiger partial charge in [-0.05, 0) is 86.0 Å². The molecule has 0 radical (unpaired) electrons. The topological polar surface area (TPSA) is 98.5 Å². The van der Waals surface area contributed by atoms with Crippen molar-refractivity contribution in [3.63, 3.8) is 0 Å². The van der Waals surface area contributed by atoms with Crippen LogP contribution in [0.5, 0.6) is 5.75 Å². The zero-order valence-corrected chi connectivity index (χ0v) is 20.8. The zero-order chi connectivity index (χ0) is 21.9. The van der Waals surface area contributed by atoms with Gasteiger partial charge in [-0.1, -0.05) is 28.1 Å². The molecule has 3 aromatic carbocycles.